The SMILES string of the molecule is C=CCCCCCC1CCCc2ccccc2C1O. The Bertz CT molecular complexity index is 396. The van der Waals surface area contributed by atoms with Crippen molar-refractivity contribution in [1.29, 1.82) is 0 Å². The topological polar surface area (TPSA) is 20.2 Å². The highest BCUT2D eigenvalue weighted by Gasteiger charge is 2.25. The van der Waals surface area contributed by atoms with Crippen molar-refractivity contribution >= 4 is 0 Å². The summed E-state index contributed by atoms with van der Waals surface area (Å²) in [6.45, 7) is 3.76. The lowest BCUT2D eigenvalue weighted by Crippen LogP contribution is -2.12. The van der Waals surface area contributed by atoms with Gasteiger partial charge in [-0.05, 0) is 55.6 Å². The molecule has 1 aliphatic carbocycles. The van der Waals surface area contributed by atoms with Crippen LogP contribution in [0.3, 0.4) is 0 Å². The van der Waals surface area contributed by atoms with Gasteiger partial charge >= 0.3 is 0 Å². The molecular formula is C18H26O. The molecule has 1 aliphatic rings. The number of allylic oxidation sites excluding steroid dienone is 1. The van der Waals surface area contributed by atoms with Crippen LogP contribution >= 0.6 is 0 Å². The summed E-state index contributed by atoms with van der Waals surface area (Å²) in [5.41, 5.74) is 2.53. The van der Waals surface area contributed by atoms with Crippen LogP contribution in [0.25, 0.3) is 0 Å². The van der Waals surface area contributed by atoms with Crippen LogP contribution in [0.5, 0.6) is 0 Å². The Balaban J connectivity index is 1.90. The number of rotatable bonds is 6. The average Bonchev–Trinajstić information content (AvgIpc) is 2.59. The standard InChI is InChI=1S/C18H26O/c1-2-3-4-5-6-11-16-13-9-12-15-10-7-8-14-17(15)18(16)19/h2,7-8,10,14,16,18-19H,1,3-6,9,11-13H2. The number of unbranched alkanes of at least 4 members (excludes halogenated alkanes) is 3. The molecule has 2 unspecified atom stereocenters. The summed E-state index contributed by atoms with van der Waals surface area (Å²) in [5, 5.41) is 10.6. The molecule has 0 heterocycles. The number of aliphatic hydroxyl groups is 1. The highest BCUT2D eigenvalue weighted by atomic mass is 16.3. The van der Waals surface area contributed by atoms with E-state index >= 15 is 0 Å². The Morgan fingerprint density at radius 1 is 1.21 bits per heavy atom. The predicted octanol–water partition coefficient (Wildman–Crippen LogP) is 4.81. The van der Waals surface area contributed by atoms with Crippen molar-refractivity contribution in [2.24, 2.45) is 5.92 Å². The van der Waals surface area contributed by atoms with Crippen LogP contribution < -0.4 is 0 Å². The molecule has 1 heteroatoms. The maximum absolute atomic E-state index is 10.6. The van der Waals surface area contributed by atoms with E-state index in [2.05, 4.69) is 30.8 Å². The zero-order chi connectivity index (χ0) is 13.5. The molecule has 1 aromatic carbocycles. The Morgan fingerprint density at radius 3 is 2.89 bits per heavy atom. The van der Waals surface area contributed by atoms with Gasteiger partial charge in [0.2, 0.25) is 0 Å². The van der Waals surface area contributed by atoms with Gasteiger partial charge in [-0.2, -0.15) is 0 Å². The third-order valence-corrected chi connectivity index (χ3v) is 4.32. The van der Waals surface area contributed by atoms with E-state index in [0.29, 0.717) is 5.92 Å². The summed E-state index contributed by atoms with van der Waals surface area (Å²) in [4.78, 5) is 0. The first-order chi connectivity index (χ1) is 9.33. The van der Waals surface area contributed by atoms with Gasteiger partial charge in [-0.3, -0.25) is 0 Å². The van der Waals surface area contributed by atoms with Crippen LogP contribution in [0.4, 0.5) is 0 Å². The fourth-order valence-electron chi connectivity index (χ4n) is 3.19. The van der Waals surface area contributed by atoms with Crippen molar-refractivity contribution in [3.05, 3.63) is 48.0 Å². The van der Waals surface area contributed by atoms with E-state index in [1.54, 1.807) is 0 Å². The molecule has 0 saturated heterocycles. The van der Waals surface area contributed by atoms with E-state index in [4.69, 9.17) is 0 Å². The number of fused-ring (bicyclic) bond motifs is 1. The summed E-state index contributed by atoms with van der Waals surface area (Å²) in [6.07, 6.45) is 11.3. The molecule has 0 aromatic heterocycles. The van der Waals surface area contributed by atoms with Crippen molar-refractivity contribution in [3.63, 3.8) is 0 Å². The van der Waals surface area contributed by atoms with Crippen LogP contribution in [-0.4, -0.2) is 5.11 Å². The molecule has 1 nitrogen and oxygen atoms in total. The molecule has 0 amide bonds. The lowest BCUT2D eigenvalue weighted by atomic mass is 9.89. The van der Waals surface area contributed by atoms with E-state index in [-0.39, 0.29) is 6.10 Å². The summed E-state index contributed by atoms with van der Waals surface area (Å²) in [7, 11) is 0. The van der Waals surface area contributed by atoms with Gasteiger partial charge in [-0.15, -0.1) is 6.58 Å². The molecule has 104 valence electrons. The molecule has 0 radical (unpaired) electrons. The number of aliphatic hydroxyl groups excluding tert-OH is 1. The van der Waals surface area contributed by atoms with Crippen LogP contribution in [-0.2, 0) is 6.42 Å². The maximum Gasteiger partial charge on any atom is 0.0820 e. The molecule has 0 spiro atoms. The summed E-state index contributed by atoms with van der Waals surface area (Å²) >= 11 is 0. The van der Waals surface area contributed by atoms with E-state index in [1.807, 2.05) is 6.08 Å². The Hall–Kier alpha value is -1.08. The second kappa shape index (κ2) is 7.49. The number of aryl methyl sites for hydroxylation is 1. The van der Waals surface area contributed by atoms with Crippen molar-refractivity contribution in [2.45, 2.75) is 57.5 Å². The first kappa shape index (κ1) is 14.3. The first-order valence-electron chi connectivity index (χ1n) is 7.69. The number of hydrogen-bond acceptors (Lipinski definition) is 1. The average molecular weight is 258 g/mol. The quantitative estimate of drug-likeness (QED) is 0.441. The minimum atomic E-state index is -0.252. The fourth-order valence-corrected chi connectivity index (χ4v) is 3.19. The molecule has 1 N–H and O–H groups in total. The van der Waals surface area contributed by atoms with Crippen molar-refractivity contribution in [3.8, 4) is 0 Å². The molecular weight excluding hydrogens is 232 g/mol. The summed E-state index contributed by atoms with van der Waals surface area (Å²) in [6, 6.07) is 8.41. The predicted molar refractivity (Wildman–Crippen MR) is 81.1 cm³/mol. The third-order valence-electron chi connectivity index (χ3n) is 4.32. The highest BCUT2D eigenvalue weighted by molar-refractivity contribution is 5.30. The van der Waals surface area contributed by atoms with Crippen molar-refractivity contribution in [1.82, 2.24) is 0 Å². The maximum atomic E-state index is 10.6. The smallest absolute Gasteiger partial charge is 0.0820 e. The van der Waals surface area contributed by atoms with E-state index in [1.165, 1.54) is 36.8 Å². The van der Waals surface area contributed by atoms with Crippen LogP contribution in [0, 0.1) is 5.92 Å². The van der Waals surface area contributed by atoms with Gasteiger partial charge in [-0.25, -0.2) is 0 Å². The Morgan fingerprint density at radius 2 is 2.05 bits per heavy atom. The largest absolute Gasteiger partial charge is 0.388 e. The second-order valence-corrected chi connectivity index (χ2v) is 5.72. The summed E-state index contributed by atoms with van der Waals surface area (Å²) < 4.78 is 0. The fraction of sp³-hybridized carbons (Fsp3) is 0.556. The zero-order valence-electron chi connectivity index (χ0n) is 11.9. The van der Waals surface area contributed by atoms with Crippen LogP contribution in [0.15, 0.2) is 36.9 Å². The van der Waals surface area contributed by atoms with Crippen molar-refractivity contribution < 1.29 is 5.11 Å². The lowest BCUT2D eigenvalue weighted by Gasteiger charge is -2.21. The van der Waals surface area contributed by atoms with Crippen molar-refractivity contribution in [2.75, 3.05) is 0 Å². The molecule has 19 heavy (non-hydrogen) atoms. The lowest BCUT2D eigenvalue weighted by molar-refractivity contribution is 0.0980. The molecule has 2 rings (SSSR count). The molecule has 0 aliphatic heterocycles. The molecule has 2 atom stereocenters. The monoisotopic (exact) mass is 258 g/mol. The van der Waals surface area contributed by atoms with Crippen LogP contribution in [0.2, 0.25) is 0 Å². The minimum Gasteiger partial charge on any atom is -0.388 e. The summed E-state index contributed by atoms with van der Waals surface area (Å²) in [5.74, 6) is 0.451. The molecule has 0 fully saturated rings. The van der Waals surface area contributed by atoms with Gasteiger partial charge in [0.15, 0.2) is 0 Å². The van der Waals surface area contributed by atoms with Crippen LogP contribution in [0.1, 0.15) is 62.2 Å². The third kappa shape index (κ3) is 3.94. The normalized spacial score (nSPS) is 22.6. The van der Waals surface area contributed by atoms with E-state index < -0.39 is 0 Å². The Kier molecular flexibility index (Phi) is 5.65. The minimum absolute atomic E-state index is 0.252. The van der Waals surface area contributed by atoms with Gasteiger partial charge in [0.1, 0.15) is 0 Å². The number of benzene rings is 1. The van der Waals surface area contributed by atoms with Gasteiger partial charge in [0, 0.05) is 0 Å². The zero-order valence-corrected chi connectivity index (χ0v) is 11.9. The molecule has 0 saturated carbocycles. The second-order valence-electron chi connectivity index (χ2n) is 5.72. The molecule has 0 bridgehead atoms. The first-order valence-corrected chi connectivity index (χ1v) is 7.69. The number of hydrogen-bond donors (Lipinski definition) is 1. The van der Waals surface area contributed by atoms with Gasteiger partial charge in [0.05, 0.1) is 6.10 Å². The van der Waals surface area contributed by atoms with E-state index in [9.17, 15) is 5.11 Å². The van der Waals surface area contributed by atoms with Gasteiger partial charge < -0.3 is 5.11 Å². The van der Waals surface area contributed by atoms with E-state index in [0.717, 1.165) is 25.7 Å². The molecule has 1 aromatic rings. The van der Waals surface area contributed by atoms with Gasteiger partial charge in [-0.1, -0.05) is 43.2 Å². The Labute approximate surface area is 117 Å². The highest BCUT2D eigenvalue weighted by Crippen LogP contribution is 2.35. The van der Waals surface area contributed by atoms with Gasteiger partial charge in [0.25, 0.3) is 0 Å².